The topological polar surface area (TPSA) is 58.8 Å². The summed E-state index contributed by atoms with van der Waals surface area (Å²) in [7, 11) is 4.15. The molecule has 0 aromatic heterocycles. The molecule has 1 aliphatic heterocycles. The average Bonchev–Trinajstić information content (AvgIpc) is 2.79. The van der Waals surface area contributed by atoms with Crippen molar-refractivity contribution in [3.05, 3.63) is 0 Å². The van der Waals surface area contributed by atoms with Crippen LogP contribution in [-0.4, -0.2) is 67.2 Å². The van der Waals surface area contributed by atoms with Crippen molar-refractivity contribution in [3.8, 4) is 0 Å². The maximum Gasteiger partial charge on any atom is 0.243 e. The van der Waals surface area contributed by atoms with Crippen molar-refractivity contribution in [2.75, 3.05) is 33.8 Å². The molecule has 1 amide bonds. The van der Waals surface area contributed by atoms with Gasteiger partial charge in [0.05, 0.1) is 6.10 Å². The van der Waals surface area contributed by atoms with Gasteiger partial charge in [-0.05, 0) is 26.9 Å². The smallest absolute Gasteiger partial charge is 0.243 e. The van der Waals surface area contributed by atoms with Crippen LogP contribution < -0.4 is 5.73 Å². The zero-order valence-electron chi connectivity index (χ0n) is 14.3. The summed E-state index contributed by atoms with van der Waals surface area (Å²) in [6.45, 7) is 10.5. The highest BCUT2D eigenvalue weighted by molar-refractivity contribution is 5.89. The Morgan fingerprint density at radius 3 is 2.43 bits per heavy atom. The summed E-state index contributed by atoms with van der Waals surface area (Å²) in [5.74, 6) is 0.582. The highest BCUT2D eigenvalue weighted by Crippen LogP contribution is 2.51. The van der Waals surface area contributed by atoms with Gasteiger partial charge in [-0.3, -0.25) is 4.79 Å². The van der Waals surface area contributed by atoms with Gasteiger partial charge < -0.3 is 20.3 Å². The maximum atomic E-state index is 13.0. The highest BCUT2D eigenvalue weighted by atomic mass is 16.5. The number of nitrogens with two attached hydrogens (primary N) is 1. The minimum Gasteiger partial charge on any atom is -0.378 e. The molecule has 5 heteroatoms. The average molecular weight is 297 g/mol. The molecule has 2 fully saturated rings. The van der Waals surface area contributed by atoms with Crippen LogP contribution in [0.3, 0.4) is 0 Å². The Morgan fingerprint density at radius 1 is 1.38 bits per heavy atom. The van der Waals surface area contributed by atoms with Crippen LogP contribution >= 0.6 is 0 Å². The summed E-state index contributed by atoms with van der Waals surface area (Å²) in [4.78, 5) is 17.1. The first-order valence-corrected chi connectivity index (χ1v) is 8.01. The van der Waals surface area contributed by atoms with E-state index in [-0.39, 0.29) is 17.4 Å². The number of likely N-dealkylation sites (N-methyl/N-ethyl adjacent to an activating group) is 1. The van der Waals surface area contributed by atoms with Crippen LogP contribution in [0.4, 0.5) is 0 Å². The number of hydrogen-bond donors (Lipinski definition) is 1. The molecule has 122 valence electrons. The van der Waals surface area contributed by atoms with Gasteiger partial charge in [0, 0.05) is 37.6 Å². The summed E-state index contributed by atoms with van der Waals surface area (Å²) >= 11 is 0. The Balaban J connectivity index is 2.08. The summed E-state index contributed by atoms with van der Waals surface area (Å²) in [5.41, 5.74) is 5.42. The van der Waals surface area contributed by atoms with Gasteiger partial charge in [-0.2, -0.15) is 0 Å². The number of amides is 1. The van der Waals surface area contributed by atoms with Crippen molar-refractivity contribution >= 4 is 5.91 Å². The molecule has 2 aliphatic rings. The fraction of sp³-hybridized carbons (Fsp3) is 0.938. The molecule has 2 N–H and O–H groups in total. The lowest BCUT2D eigenvalue weighted by molar-refractivity contribution is -0.178. The Bertz CT molecular complexity index is 410. The van der Waals surface area contributed by atoms with Gasteiger partial charge in [-0.1, -0.05) is 20.8 Å². The number of likely N-dealkylation sites (tertiary alicyclic amines) is 1. The molecule has 0 aromatic carbocycles. The lowest BCUT2D eigenvalue weighted by atomic mass is 9.54. The van der Waals surface area contributed by atoms with Crippen LogP contribution in [0.25, 0.3) is 0 Å². The molecular weight excluding hydrogens is 266 g/mol. The second-order valence-corrected chi connectivity index (χ2v) is 7.56. The Kier molecular flexibility index (Phi) is 4.40. The van der Waals surface area contributed by atoms with Gasteiger partial charge in [-0.15, -0.1) is 0 Å². The predicted molar refractivity (Wildman–Crippen MR) is 83.9 cm³/mol. The van der Waals surface area contributed by atoms with Crippen LogP contribution in [-0.2, 0) is 9.53 Å². The van der Waals surface area contributed by atoms with E-state index >= 15 is 0 Å². The summed E-state index contributed by atoms with van der Waals surface area (Å²) in [6.07, 6.45) is 0.714. The van der Waals surface area contributed by atoms with Crippen molar-refractivity contribution < 1.29 is 9.53 Å². The standard InChI is InChI=1S/C16H31N3O2/c1-7-21-13-8-16(17,15(13,3)4)14(20)19-9-11(2)12(10-19)18(5)6/h11-13H,7-10,17H2,1-6H3. The number of ether oxygens (including phenoxy) is 1. The SMILES string of the molecule is CCOC1CC(N)(C(=O)N2CC(C)C(N(C)C)C2)C1(C)C. The van der Waals surface area contributed by atoms with Crippen molar-refractivity contribution in [1.82, 2.24) is 9.80 Å². The van der Waals surface area contributed by atoms with E-state index in [1.54, 1.807) is 0 Å². The lowest BCUT2D eigenvalue weighted by Crippen LogP contribution is -2.76. The molecular formula is C16H31N3O2. The largest absolute Gasteiger partial charge is 0.378 e. The normalized spacial score (nSPS) is 38.7. The first kappa shape index (κ1) is 16.7. The van der Waals surface area contributed by atoms with E-state index < -0.39 is 5.54 Å². The monoisotopic (exact) mass is 297 g/mol. The second-order valence-electron chi connectivity index (χ2n) is 7.56. The van der Waals surface area contributed by atoms with E-state index in [2.05, 4.69) is 39.8 Å². The zero-order valence-corrected chi connectivity index (χ0v) is 14.3. The van der Waals surface area contributed by atoms with Gasteiger partial charge >= 0.3 is 0 Å². The molecule has 1 heterocycles. The molecule has 0 aromatic rings. The first-order valence-electron chi connectivity index (χ1n) is 8.01. The number of carbonyl (C=O) groups excluding carboxylic acids is 1. The minimum absolute atomic E-state index is 0.0844. The van der Waals surface area contributed by atoms with Crippen LogP contribution in [0.2, 0.25) is 0 Å². The molecule has 0 bridgehead atoms. The van der Waals surface area contributed by atoms with E-state index in [4.69, 9.17) is 10.5 Å². The molecule has 1 saturated carbocycles. The number of nitrogens with zero attached hydrogens (tertiary/aromatic N) is 2. The summed E-state index contributed by atoms with van der Waals surface area (Å²) in [6, 6.07) is 0.420. The summed E-state index contributed by atoms with van der Waals surface area (Å²) < 4.78 is 5.72. The van der Waals surface area contributed by atoms with E-state index in [1.807, 2.05) is 11.8 Å². The molecule has 4 atom stereocenters. The number of rotatable bonds is 4. The molecule has 0 radical (unpaired) electrons. The van der Waals surface area contributed by atoms with Crippen molar-refractivity contribution in [2.24, 2.45) is 17.1 Å². The second kappa shape index (κ2) is 5.52. The number of carbonyl (C=O) groups is 1. The third kappa shape index (κ3) is 2.49. The van der Waals surface area contributed by atoms with Gasteiger partial charge in [-0.25, -0.2) is 0 Å². The molecule has 0 spiro atoms. The van der Waals surface area contributed by atoms with Crippen molar-refractivity contribution in [1.29, 1.82) is 0 Å². The molecule has 2 rings (SSSR count). The van der Waals surface area contributed by atoms with Gasteiger partial charge in [0.25, 0.3) is 0 Å². The molecule has 21 heavy (non-hydrogen) atoms. The highest BCUT2D eigenvalue weighted by Gasteiger charge is 2.64. The fourth-order valence-electron chi connectivity index (χ4n) is 3.87. The Labute approximate surface area is 128 Å². The van der Waals surface area contributed by atoms with Gasteiger partial charge in [0.2, 0.25) is 5.91 Å². The Morgan fingerprint density at radius 2 is 2.00 bits per heavy atom. The van der Waals surface area contributed by atoms with Crippen LogP contribution in [0.15, 0.2) is 0 Å². The minimum atomic E-state index is -0.784. The molecule has 4 unspecified atom stereocenters. The molecule has 1 saturated heterocycles. The van der Waals surface area contributed by atoms with E-state index in [0.29, 0.717) is 25.0 Å². The van der Waals surface area contributed by atoms with Crippen LogP contribution in [0.5, 0.6) is 0 Å². The van der Waals surface area contributed by atoms with Gasteiger partial charge in [0.15, 0.2) is 0 Å². The molecule has 1 aliphatic carbocycles. The maximum absolute atomic E-state index is 13.0. The molecule has 5 nitrogen and oxygen atoms in total. The fourth-order valence-corrected chi connectivity index (χ4v) is 3.87. The quantitative estimate of drug-likeness (QED) is 0.838. The van der Waals surface area contributed by atoms with E-state index in [1.165, 1.54) is 0 Å². The van der Waals surface area contributed by atoms with E-state index in [9.17, 15) is 4.79 Å². The van der Waals surface area contributed by atoms with Gasteiger partial charge in [0.1, 0.15) is 5.54 Å². The first-order chi connectivity index (χ1) is 9.65. The van der Waals surface area contributed by atoms with Crippen LogP contribution in [0, 0.1) is 11.3 Å². The van der Waals surface area contributed by atoms with E-state index in [0.717, 1.165) is 13.1 Å². The predicted octanol–water partition coefficient (Wildman–Crippen LogP) is 0.927. The third-order valence-electron chi connectivity index (χ3n) is 5.73. The zero-order chi connectivity index (χ0) is 16.0. The van der Waals surface area contributed by atoms with Crippen molar-refractivity contribution in [2.45, 2.75) is 51.8 Å². The lowest BCUT2D eigenvalue weighted by Gasteiger charge is -2.58. The van der Waals surface area contributed by atoms with Crippen molar-refractivity contribution in [3.63, 3.8) is 0 Å². The third-order valence-corrected chi connectivity index (χ3v) is 5.73. The van der Waals surface area contributed by atoms with Crippen LogP contribution in [0.1, 0.15) is 34.1 Å². The Hall–Kier alpha value is -0.650. The number of hydrogen-bond acceptors (Lipinski definition) is 4. The summed E-state index contributed by atoms with van der Waals surface area (Å²) in [5, 5.41) is 0.